The van der Waals surface area contributed by atoms with Crippen molar-refractivity contribution in [1.82, 2.24) is 20.4 Å². The number of alkyl halides is 3. The molecule has 0 amide bonds. The number of aliphatic imine (C=N–C) groups is 1. The molecule has 1 heterocycles. The van der Waals surface area contributed by atoms with E-state index in [1.807, 2.05) is 26.4 Å². The zero-order chi connectivity index (χ0) is 21.3. The van der Waals surface area contributed by atoms with Crippen LogP contribution in [0.1, 0.15) is 30.9 Å². The van der Waals surface area contributed by atoms with Gasteiger partial charge in [-0.1, -0.05) is 13.0 Å². The summed E-state index contributed by atoms with van der Waals surface area (Å²) in [6.07, 6.45) is 1.64. The Morgan fingerprint density at radius 2 is 2.07 bits per heavy atom. The molecule has 1 aromatic carbocycles. The highest BCUT2D eigenvalue weighted by Gasteiger charge is 2.30. The van der Waals surface area contributed by atoms with Gasteiger partial charge in [-0.15, -0.1) is 24.0 Å². The summed E-state index contributed by atoms with van der Waals surface area (Å²) in [6.45, 7) is 3.08. The maximum absolute atomic E-state index is 12.8. The average molecular weight is 539 g/mol. The highest BCUT2D eigenvalue weighted by molar-refractivity contribution is 14.0. The van der Waals surface area contributed by atoms with Gasteiger partial charge in [-0.05, 0) is 43.0 Å². The molecule has 2 N–H and O–H groups in total. The van der Waals surface area contributed by atoms with E-state index in [1.165, 1.54) is 17.7 Å². The van der Waals surface area contributed by atoms with Crippen LogP contribution in [0.2, 0.25) is 0 Å². The normalized spacial score (nSPS) is 12.8. The summed E-state index contributed by atoms with van der Waals surface area (Å²) in [5.74, 6) is 0.829. The summed E-state index contributed by atoms with van der Waals surface area (Å²) in [6, 6.07) is 4.93. The standard InChI is InChI=1S/C20H28F3N5O.HI/c1-4-17(29-18-9-5-8-16(11-18)20(21,22)23)13-26-19(24-2)25-10-6-7-15-12-27-28(3)14-15;/h5,8-9,11-12,14,17H,4,6-7,10,13H2,1-3H3,(H2,24,25,26);1H. The fourth-order valence-corrected chi connectivity index (χ4v) is 2.74. The summed E-state index contributed by atoms with van der Waals surface area (Å²) in [4.78, 5) is 4.17. The van der Waals surface area contributed by atoms with Gasteiger partial charge in [0.1, 0.15) is 11.9 Å². The van der Waals surface area contributed by atoms with Crippen molar-refractivity contribution in [1.29, 1.82) is 0 Å². The van der Waals surface area contributed by atoms with E-state index < -0.39 is 11.7 Å². The van der Waals surface area contributed by atoms with Gasteiger partial charge in [-0.3, -0.25) is 9.67 Å². The number of ether oxygens (including phenoxy) is 1. The van der Waals surface area contributed by atoms with E-state index in [0.29, 0.717) is 18.9 Å². The maximum Gasteiger partial charge on any atom is 0.416 e. The summed E-state index contributed by atoms with van der Waals surface area (Å²) < 4.78 is 46.0. The summed E-state index contributed by atoms with van der Waals surface area (Å²) >= 11 is 0. The van der Waals surface area contributed by atoms with Crippen molar-refractivity contribution in [3.8, 4) is 5.75 Å². The molecule has 6 nitrogen and oxygen atoms in total. The van der Waals surface area contributed by atoms with Crippen LogP contribution in [-0.4, -0.2) is 42.0 Å². The molecule has 1 aromatic heterocycles. The molecule has 0 radical (unpaired) electrons. The smallest absolute Gasteiger partial charge is 0.416 e. The second-order valence-corrected chi connectivity index (χ2v) is 6.68. The third-order valence-corrected chi connectivity index (χ3v) is 4.33. The maximum atomic E-state index is 12.8. The van der Waals surface area contributed by atoms with Crippen molar-refractivity contribution in [2.45, 2.75) is 38.5 Å². The van der Waals surface area contributed by atoms with Crippen LogP contribution < -0.4 is 15.4 Å². The topological polar surface area (TPSA) is 63.5 Å². The third-order valence-electron chi connectivity index (χ3n) is 4.33. The van der Waals surface area contributed by atoms with Gasteiger partial charge >= 0.3 is 6.18 Å². The minimum Gasteiger partial charge on any atom is -0.489 e. The molecule has 0 aliphatic heterocycles. The van der Waals surface area contributed by atoms with Crippen LogP contribution in [-0.2, 0) is 19.6 Å². The van der Waals surface area contributed by atoms with Crippen molar-refractivity contribution in [3.05, 3.63) is 47.8 Å². The number of nitrogens with zero attached hydrogens (tertiary/aromatic N) is 3. The van der Waals surface area contributed by atoms with E-state index in [0.717, 1.165) is 31.5 Å². The summed E-state index contributed by atoms with van der Waals surface area (Å²) in [5, 5.41) is 10.5. The van der Waals surface area contributed by atoms with Crippen LogP contribution in [0.3, 0.4) is 0 Å². The lowest BCUT2D eigenvalue weighted by molar-refractivity contribution is -0.137. The SMILES string of the molecule is CCC(CNC(=NC)NCCCc1cnn(C)c1)Oc1cccc(C(F)(F)F)c1.I. The second-order valence-electron chi connectivity index (χ2n) is 6.68. The predicted molar refractivity (Wildman–Crippen MR) is 122 cm³/mol. The van der Waals surface area contributed by atoms with Gasteiger partial charge in [0, 0.05) is 26.8 Å². The molecule has 0 bridgehead atoms. The first kappa shape index (κ1) is 26.1. The van der Waals surface area contributed by atoms with Gasteiger partial charge in [-0.25, -0.2) is 0 Å². The van der Waals surface area contributed by atoms with Crippen LogP contribution in [0.4, 0.5) is 13.2 Å². The third kappa shape index (κ3) is 8.80. The summed E-state index contributed by atoms with van der Waals surface area (Å²) in [5.41, 5.74) is 0.460. The van der Waals surface area contributed by atoms with Crippen molar-refractivity contribution < 1.29 is 17.9 Å². The van der Waals surface area contributed by atoms with Crippen LogP contribution >= 0.6 is 24.0 Å². The molecule has 0 aliphatic rings. The van der Waals surface area contributed by atoms with Crippen molar-refractivity contribution >= 4 is 29.9 Å². The van der Waals surface area contributed by atoms with E-state index in [1.54, 1.807) is 11.7 Å². The number of rotatable bonds is 9. The molecular formula is C20H29F3IN5O. The molecule has 10 heteroatoms. The molecular weight excluding hydrogens is 510 g/mol. The molecule has 1 unspecified atom stereocenters. The van der Waals surface area contributed by atoms with E-state index in [4.69, 9.17) is 4.74 Å². The number of aromatic nitrogens is 2. The molecule has 0 fully saturated rings. The molecule has 30 heavy (non-hydrogen) atoms. The highest BCUT2D eigenvalue weighted by atomic mass is 127. The number of aryl methyl sites for hydroxylation is 2. The Kier molecular flexibility index (Phi) is 11.0. The fourth-order valence-electron chi connectivity index (χ4n) is 2.74. The first-order valence-corrected chi connectivity index (χ1v) is 9.57. The Bertz CT molecular complexity index is 795. The lowest BCUT2D eigenvalue weighted by Gasteiger charge is -2.20. The molecule has 0 saturated carbocycles. The minimum atomic E-state index is -4.39. The number of hydrogen-bond donors (Lipinski definition) is 2. The monoisotopic (exact) mass is 539 g/mol. The zero-order valence-electron chi connectivity index (χ0n) is 17.4. The average Bonchev–Trinajstić information content (AvgIpc) is 3.11. The van der Waals surface area contributed by atoms with E-state index in [2.05, 4.69) is 20.7 Å². The van der Waals surface area contributed by atoms with Crippen molar-refractivity contribution in [2.75, 3.05) is 20.1 Å². The number of nitrogens with one attached hydrogen (secondary N) is 2. The molecule has 2 aromatic rings. The molecule has 0 aliphatic carbocycles. The number of hydrogen-bond acceptors (Lipinski definition) is 3. The van der Waals surface area contributed by atoms with Crippen LogP contribution in [0, 0.1) is 0 Å². The minimum absolute atomic E-state index is 0. The van der Waals surface area contributed by atoms with Crippen LogP contribution in [0.25, 0.3) is 0 Å². The Hall–Kier alpha value is -1.98. The Labute approximate surface area is 192 Å². The van der Waals surface area contributed by atoms with Gasteiger partial charge in [0.25, 0.3) is 0 Å². The van der Waals surface area contributed by atoms with Gasteiger partial charge in [-0.2, -0.15) is 18.3 Å². The molecule has 1 atom stereocenters. The number of guanidine groups is 1. The van der Waals surface area contributed by atoms with Crippen molar-refractivity contribution in [2.24, 2.45) is 12.0 Å². The largest absolute Gasteiger partial charge is 0.489 e. The van der Waals surface area contributed by atoms with E-state index in [9.17, 15) is 13.2 Å². The van der Waals surface area contributed by atoms with Crippen molar-refractivity contribution in [3.63, 3.8) is 0 Å². The van der Waals surface area contributed by atoms with Gasteiger partial charge in [0.05, 0.1) is 18.3 Å². The number of halogens is 4. The molecule has 0 saturated heterocycles. The fraction of sp³-hybridized carbons (Fsp3) is 0.500. The lowest BCUT2D eigenvalue weighted by atomic mass is 10.2. The second kappa shape index (κ2) is 12.7. The first-order valence-electron chi connectivity index (χ1n) is 9.57. The van der Waals surface area contributed by atoms with Gasteiger partial charge < -0.3 is 15.4 Å². The Morgan fingerprint density at radius 3 is 2.67 bits per heavy atom. The Balaban J connectivity index is 0.00000450. The first-order chi connectivity index (χ1) is 13.8. The Morgan fingerprint density at radius 1 is 1.30 bits per heavy atom. The van der Waals surface area contributed by atoms with E-state index >= 15 is 0 Å². The predicted octanol–water partition coefficient (Wildman–Crippen LogP) is 4.01. The lowest BCUT2D eigenvalue weighted by Crippen LogP contribution is -2.42. The van der Waals surface area contributed by atoms with E-state index in [-0.39, 0.29) is 35.8 Å². The molecule has 168 valence electrons. The highest BCUT2D eigenvalue weighted by Crippen LogP contribution is 2.31. The zero-order valence-corrected chi connectivity index (χ0v) is 19.7. The van der Waals surface area contributed by atoms with Gasteiger partial charge in [0.15, 0.2) is 5.96 Å². The molecule has 0 spiro atoms. The number of benzene rings is 1. The van der Waals surface area contributed by atoms with Crippen LogP contribution in [0.5, 0.6) is 5.75 Å². The quantitative estimate of drug-likeness (QED) is 0.219. The van der Waals surface area contributed by atoms with Gasteiger partial charge in [0.2, 0.25) is 0 Å². The van der Waals surface area contributed by atoms with Crippen LogP contribution in [0.15, 0.2) is 41.7 Å². The molecule has 2 rings (SSSR count). The summed E-state index contributed by atoms with van der Waals surface area (Å²) in [7, 11) is 3.56.